The zero-order valence-corrected chi connectivity index (χ0v) is 12.2. The van der Waals surface area contributed by atoms with Crippen molar-refractivity contribution in [2.45, 2.75) is 12.1 Å². The third-order valence-corrected chi connectivity index (χ3v) is 4.07. The van der Waals surface area contributed by atoms with Gasteiger partial charge in [0.05, 0.1) is 11.4 Å². The maximum Gasteiger partial charge on any atom is 0.313 e. The van der Waals surface area contributed by atoms with Gasteiger partial charge in [0.2, 0.25) is 0 Å². The van der Waals surface area contributed by atoms with E-state index in [4.69, 9.17) is 5.11 Å². The van der Waals surface area contributed by atoms with Crippen molar-refractivity contribution in [3.05, 3.63) is 48.5 Å². The van der Waals surface area contributed by atoms with Crippen molar-refractivity contribution in [3.8, 4) is 5.69 Å². The number of benzene rings is 1. The second-order valence-corrected chi connectivity index (χ2v) is 5.52. The van der Waals surface area contributed by atoms with Gasteiger partial charge in [-0.3, -0.25) is 14.3 Å². The first-order valence-electron chi connectivity index (χ1n) is 6.39. The molecule has 0 saturated heterocycles. The monoisotopic (exact) mass is 299 g/mol. The van der Waals surface area contributed by atoms with Crippen LogP contribution in [-0.4, -0.2) is 31.4 Å². The third kappa shape index (κ3) is 2.62. The summed E-state index contributed by atoms with van der Waals surface area (Å²) in [5.41, 5.74) is 1.92. The summed E-state index contributed by atoms with van der Waals surface area (Å²) in [6, 6.07) is 7.94. The smallest absolute Gasteiger partial charge is 0.313 e. The quantitative estimate of drug-likeness (QED) is 0.750. The Morgan fingerprint density at radius 2 is 2.19 bits per heavy atom. The molecule has 3 rings (SSSR count). The first-order valence-corrected chi connectivity index (χ1v) is 7.37. The van der Waals surface area contributed by atoms with E-state index in [9.17, 15) is 4.79 Å². The minimum atomic E-state index is -0.855. The summed E-state index contributed by atoms with van der Waals surface area (Å²) in [5.74, 6) is -0.869. The van der Waals surface area contributed by atoms with Crippen LogP contribution in [0.1, 0.15) is 5.69 Å². The molecule has 5 nitrogen and oxygen atoms in total. The summed E-state index contributed by atoms with van der Waals surface area (Å²) in [7, 11) is 0. The molecule has 0 bridgehead atoms. The number of thioether (sulfide) groups is 1. The predicted octanol–water partition coefficient (Wildman–Crippen LogP) is 2.91. The molecule has 0 saturated carbocycles. The Kier molecular flexibility index (Phi) is 3.62. The van der Waals surface area contributed by atoms with Crippen LogP contribution in [0.3, 0.4) is 0 Å². The van der Waals surface area contributed by atoms with Crippen LogP contribution in [0.25, 0.3) is 16.5 Å². The molecule has 0 amide bonds. The van der Waals surface area contributed by atoms with Crippen molar-refractivity contribution in [3.63, 3.8) is 0 Å². The minimum absolute atomic E-state index is 0.0144. The van der Waals surface area contributed by atoms with Crippen molar-refractivity contribution >= 4 is 28.5 Å². The highest BCUT2D eigenvalue weighted by molar-refractivity contribution is 7.99. The molecular formula is C15H13N3O2S. The number of aryl methyl sites for hydroxylation is 1. The highest BCUT2D eigenvalue weighted by Gasteiger charge is 2.13. The van der Waals surface area contributed by atoms with Gasteiger partial charge in [0.1, 0.15) is 0 Å². The van der Waals surface area contributed by atoms with Crippen LogP contribution in [0.15, 0.2) is 48.0 Å². The van der Waals surface area contributed by atoms with E-state index in [1.807, 2.05) is 42.0 Å². The number of fused-ring (bicyclic) bond motifs is 1. The van der Waals surface area contributed by atoms with Crippen molar-refractivity contribution in [2.75, 3.05) is 5.75 Å². The molecule has 2 aromatic heterocycles. The van der Waals surface area contributed by atoms with Gasteiger partial charge in [-0.25, -0.2) is 4.98 Å². The molecule has 3 aromatic rings. The van der Waals surface area contributed by atoms with Gasteiger partial charge in [-0.1, -0.05) is 23.9 Å². The summed E-state index contributed by atoms with van der Waals surface area (Å²) in [6.45, 7) is 1.95. The number of nitrogens with zero attached hydrogens (tertiary/aromatic N) is 3. The highest BCUT2D eigenvalue weighted by atomic mass is 32.2. The Hall–Kier alpha value is -2.34. The summed E-state index contributed by atoms with van der Waals surface area (Å²) in [5, 5.41) is 11.6. The fraction of sp³-hybridized carbons (Fsp3) is 0.133. The van der Waals surface area contributed by atoms with Crippen molar-refractivity contribution in [2.24, 2.45) is 0 Å². The molecule has 0 fully saturated rings. The Bertz CT molecular complexity index is 808. The molecule has 0 aliphatic carbocycles. The first-order chi connectivity index (χ1) is 10.2. The maximum atomic E-state index is 10.8. The van der Waals surface area contributed by atoms with Crippen LogP contribution in [-0.2, 0) is 4.79 Å². The van der Waals surface area contributed by atoms with E-state index >= 15 is 0 Å². The topological polar surface area (TPSA) is 68.0 Å². The number of carboxylic acids is 1. The molecular weight excluding hydrogens is 286 g/mol. The Morgan fingerprint density at radius 1 is 1.33 bits per heavy atom. The van der Waals surface area contributed by atoms with E-state index in [1.54, 1.807) is 12.4 Å². The average molecular weight is 299 g/mol. The lowest BCUT2D eigenvalue weighted by molar-refractivity contribution is -0.133. The molecule has 21 heavy (non-hydrogen) atoms. The van der Waals surface area contributed by atoms with Crippen LogP contribution in [0.4, 0.5) is 0 Å². The van der Waals surface area contributed by atoms with Crippen LogP contribution in [0, 0.1) is 6.92 Å². The van der Waals surface area contributed by atoms with E-state index in [0.717, 1.165) is 22.2 Å². The molecule has 0 spiro atoms. The Labute approximate surface area is 125 Å². The zero-order chi connectivity index (χ0) is 14.8. The van der Waals surface area contributed by atoms with Crippen molar-refractivity contribution < 1.29 is 9.90 Å². The van der Waals surface area contributed by atoms with E-state index in [2.05, 4.69) is 9.97 Å². The Morgan fingerprint density at radius 3 is 3.00 bits per heavy atom. The van der Waals surface area contributed by atoms with Gasteiger partial charge < -0.3 is 5.11 Å². The van der Waals surface area contributed by atoms with Crippen molar-refractivity contribution in [1.82, 2.24) is 14.5 Å². The fourth-order valence-corrected chi connectivity index (χ4v) is 2.98. The van der Waals surface area contributed by atoms with Gasteiger partial charge in [-0.15, -0.1) is 0 Å². The molecule has 106 valence electrons. The number of hydrogen-bond acceptors (Lipinski definition) is 4. The zero-order valence-electron chi connectivity index (χ0n) is 11.4. The minimum Gasteiger partial charge on any atom is -0.481 e. The lowest BCUT2D eigenvalue weighted by Crippen LogP contribution is -2.03. The highest BCUT2D eigenvalue weighted by Crippen LogP contribution is 2.28. The van der Waals surface area contributed by atoms with Crippen LogP contribution >= 0.6 is 11.8 Å². The lowest BCUT2D eigenvalue weighted by atomic mass is 10.1. The van der Waals surface area contributed by atoms with Gasteiger partial charge in [0.15, 0.2) is 5.16 Å². The molecule has 0 unspecified atom stereocenters. The van der Waals surface area contributed by atoms with E-state index in [0.29, 0.717) is 5.16 Å². The molecule has 1 aromatic carbocycles. The van der Waals surface area contributed by atoms with E-state index in [1.165, 1.54) is 11.8 Å². The van der Waals surface area contributed by atoms with Crippen molar-refractivity contribution in [1.29, 1.82) is 0 Å². The first kappa shape index (κ1) is 13.6. The second kappa shape index (κ2) is 5.57. The molecule has 0 atom stereocenters. The summed E-state index contributed by atoms with van der Waals surface area (Å²) in [4.78, 5) is 19.3. The molecule has 0 aliphatic heterocycles. The van der Waals surface area contributed by atoms with E-state index in [-0.39, 0.29) is 5.75 Å². The summed E-state index contributed by atoms with van der Waals surface area (Å²) < 4.78 is 1.97. The fourth-order valence-electron chi connectivity index (χ4n) is 2.23. The van der Waals surface area contributed by atoms with Crippen LogP contribution in [0.5, 0.6) is 0 Å². The molecule has 6 heteroatoms. The normalized spacial score (nSPS) is 10.9. The number of rotatable bonds is 4. The number of pyridine rings is 1. The largest absolute Gasteiger partial charge is 0.481 e. The molecule has 0 radical (unpaired) electrons. The standard InChI is InChI=1S/C15H13N3O2S/c1-10-7-17-15(21-9-14(19)20)18(10)13-4-2-3-11-5-6-16-8-12(11)13/h2-8H,9H2,1H3,(H,19,20). The molecule has 2 heterocycles. The SMILES string of the molecule is Cc1cnc(SCC(=O)O)n1-c1cccc2ccncc12. The number of hydrogen-bond donors (Lipinski definition) is 1. The summed E-state index contributed by atoms with van der Waals surface area (Å²) >= 11 is 1.21. The molecule has 1 N–H and O–H groups in total. The lowest BCUT2D eigenvalue weighted by Gasteiger charge is -2.12. The van der Waals surface area contributed by atoms with Crippen LogP contribution < -0.4 is 0 Å². The number of carboxylic acid groups (broad SMARTS) is 1. The van der Waals surface area contributed by atoms with Gasteiger partial charge in [-0.05, 0) is 24.4 Å². The van der Waals surface area contributed by atoms with Gasteiger partial charge in [0.25, 0.3) is 0 Å². The maximum absolute atomic E-state index is 10.8. The number of aromatic nitrogens is 3. The number of carbonyl (C=O) groups is 1. The third-order valence-electron chi connectivity index (χ3n) is 3.13. The average Bonchev–Trinajstić information content (AvgIpc) is 2.85. The number of aliphatic carboxylic acids is 1. The van der Waals surface area contributed by atoms with E-state index < -0.39 is 5.97 Å². The summed E-state index contributed by atoms with van der Waals surface area (Å²) in [6.07, 6.45) is 5.32. The molecule has 0 aliphatic rings. The van der Waals surface area contributed by atoms with Gasteiger partial charge in [-0.2, -0.15) is 0 Å². The van der Waals surface area contributed by atoms with Crippen LogP contribution in [0.2, 0.25) is 0 Å². The Balaban J connectivity index is 2.14. The van der Waals surface area contributed by atoms with Gasteiger partial charge in [0, 0.05) is 29.7 Å². The second-order valence-electron chi connectivity index (χ2n) is 4.57. The predicted molar refractivity (Wildman–Crippen MR) is 82.0 cm³/mol. The number of imidazole rings is 1. The van der Waals surface area contributed by atoms with Gasteiger partial charge >= 0.3 is 5.97 Å².